The zero-order valence-corrected chi connectivity index (χ0v) is 22.5. The predicted molar refractivity (Wildman–Crippen MR) is 143 cm³/mol. The van der Waals surface area contributed by atoms with Crippen LogP contribution in [-0.2, 0) is 9.59 Å². The number of carboxylic acids is 1. The van der Waals surface area contributed by atoms with E-state index in [1.807, 2.05) is 0 Å². The van der Waals surface area contributed by atoms with E-state index in [9.17, 15) is 29.5 Å². The number of rotatable bonds is 3. The molecule has 3 heterocycles. The fourth-order valence-corrected chi connectivity index (χ4v) is 6.42. The number of piperidine rings is 1. The second-order valence-corrected chi connectivity index (χ2v) is 11.0. The highest BCUT2D eigenvalue weighted by atomic mass is 35.5. The number of hydrogen-bond donors (Lipinski definition) is 1. The lowest BCUT2D eigenvalue weighted by atomic mass is 9.80. The first-order chi connectivity index (χ1) is 18.6. The largest absolute Gasteiger partial charge is 0.481 e. The molecule has 0 aromatic heterocycles. The zero-order chi connectivity index (χ0) is 28.1. The first-order valence-corrected chi connectivity index (χ1v) is 13.2. The van der Waals surface area contributed by atoms with Gasteiger partial charge in [0.05, 0.1) is 29.8 Å². The Bertz CT molecular complexity index is 1390. The van der Waals surface area contributed by atoms with Crippen molar-refractivity contribution < 1.29 is 24.3 Å². The number of imide groups is 1. The number of nitrogens with zero attached hydrogens (tertiary/aromatic N) is 5. The number of nitriles is 1. The van der Waals surface area contributed by atoms with Crippen LogP contribution < -0.4 is 4.90 Å². The lowest BCUT2D eigenvalue weighted by Crippen LogP contribution is -2.55. The third-order valence-corrected chi connectivity index (χ3v) is 8.36. The van der Waals surface area contributed by atoms with Gasteiger partial charge in [0.2, 0.25) is 0 Å². The summed E-state index contributed by atoms with van der Waals surface area (Å²) in [4.78, 5) is 58.5. The minimum atomic E-state index is -1.45. The van der Waals surface area contributed by atoms with Crippen molar-refractivity contribution in [2.75, 3.05) is 38.1 Å². The fourth-order valence-electron chi connectivity index (χ4n) is 5.90. The first-order valence-electron chi connectivity index (χ1n) is 12.4. The van der Waals surface area contributed by atoms with E-state index in [0.717, 1.165) is 4.90 Å². The maximum atomic E-state index is 14.3. The molecular formula is C27H25Cl2N5O5. The van der Waals surface area contributed by atoms with Crippen LogP contribution in [0, 0.1) is 17.2 Å². The molecule has 2 aromatic rings. The Morgan fingerprint density at radius 3 is 2.33 bits per heavy atom. The number of carbonyl (C=O) groups excluding carboxylic acids is 3. The molecule has 3 atom stereocenters. The third-order valence-electron chi connectivity index (χ3n) is 7.92. The minimum absolute atomic E-state index is 0.0784. The van der Waals surface area contributed by atoms with Crippen molar-refractivity contribution in [3.8, 4) is 6.07 Å². The quantitative estimate of drug-likeness (QED) is 0.556. The monoisotopic (exact) mass is 569 g/mol. The van der Waals surface area contributed by atoms with E-state index in [2.05, 4.69) is 6.07 Å². The van der Waals surface area contributed by atoms with Crippen molar-refractivity contribution >= 4 is 52.8 Å². The highest BCUT2D eigenvalue weighted by Gasteiger charge is 2.65. The van der Waals surface area contributed by atoms with Gasteiger partial charge in [-0.3, -0.25) is 9.59 Å². The molecule has 5 amide bonds. The molecule has 5 rings (SSSR count). The van der Waals surface area contributed by atoms with Crippen molar-refractivity contribution in [1.82, 2.24) is 14.7 Å². The Labute approximate surface area is 234 Å². The predicted octanol–water partition coefficient (Wildman–Crippen LogP) is 4.02. The smallest absolute Gasteiger partial charge is 0.332 e. The number of likely N-dealkylation sites (N-methyl/N-ethyl adjacent to an activating group) is 1. The third kappa shape index (κ3) is 4.45. The number of aliphatic carboxylic acids is 1. The average Bonchev–Trinajstić information content (AvgIpc) is 3.41. The Morgan fingerprint density at radius 2 is 1.72 bits per heavy atom. The van der Waals surface area contributed by atoms with Gasteiger partial charge < -0.3 is 19.8 Å². The molecule has 1 spiro atoms. The van der Waals surface area contributed by atoms with E-state index >= 15 is 0 Å². The molecule has 3 aliphatic heterocycles. The molecule has 1 N–H and O–H groups in total. The number of likely N-dealkylation sites (tertiary alicyclic amines) is 2. The molecule has 0 bridgehead atoms. The topological polar surface area (TPSA) is 125 Å². The molecule has 39 heavy (non-hydrogen) atoms. The van der Waals surface area contributed by atoms with Crippen LogP contribution >= 0.6 is 23.2 Å². The Hall–Kier alpha value is -3.81. The van der Waals surface area contributed by atoms with Crippen LogP contribution in [0.2, 0.25) is 10.0 Å². The second kappa shape index (κ2) is 10.1. The van der Waals surface area contributed by atoms with E-state index in [-0.39, 0.29) is 41.4 Å². The van der Waals surface area contributed by atoms with Gasteiger partial charge in [-0.05, 0) is 48.7 Å². The fraction of sp³-hybridized carbons (Fsp3) is 0.370. The molecular weight excluding hydrogens is 545 g/mol. The molecule has 2 aromatic carbocycles. The van der Waals surface area contributed by atoms with Crippen LogP contribution in [-0.4, -0.2) is 82.5 Å². The van der Waals surface area contributed by atoms with Crippen molar-refractivity contribution in [1.29, 1.82) is 5.26 Å². The van der Waals surface area contributed by atoms with Crippen LogP contribution in [0.5, 0.6) is 0 Å². The van der Waals surface area contributed by atoms with Crippen LogP contribution in [0.25, 0.3) is 0 Å². The van der Waals surface area contributed by atoms with Crippen LogP contribution in [0.3, 0.4) is 0 Å². The van der Waals surface area contributed by atoms with Crippen molar-refractivity contribution in [2.24, 2.45) is 5.92 Å². The van der Waals surface area contributed by atoms with E-state index in [1.54, 1.807) is 24.3 Å². The molecule has 3 aliphatic rings. The molecule has 202 valence electrons. The standard InChI is InChI=1S/C27H25Cl2N5O5/c1-31-25(38)34(21-10-19(28)9-20(29)11-21)24(37)27(31)15-33(14-22(27)17-6-4-16(12-30)5-7-17)26(39)32-8-2-3-18(13-32)23(35)36/h4-7,9-11,18,22H,2-3,8,13-15H2,1H3,(H,35,36). The maximum Gasteiger partial charge on any atom is 0.332 e. The summed E-state index contributed by atoms with van der Waals surface area (Å²) < 4.78 is 0. The first kappa shape index (κ1) is 26.8. The zero-order valence-electron chi connectivity index (χ0n) is 21.0. The minimum Gasteiger partial charge on any atom is -0.481 e. The van der Waals surface area contributed by atoms with Gasteiger partial charge in [0.1, 0.15) is 5.54 Å². The number of urea groups is 2. The lowest BCUT2D eigenvalue weighted by Gasteiger charge is -2.35. The second-order valence-electron chi connectivity index (χ2n) is 10.1. The van der Waals surface area contributed by atoms with Gasteiger partial charge in [-0.15, -0.1) is 0 Å². The Morgan fingerprint density at radius 1 is 1.05 bits per heavy atom. The molecule has 3 unspecified atom stereocenters. The van der Waals surface area contributed by atoms with Gasteiger partial charge in [-0.1, -0.05) is 35.3 Å². The molecule has 3 saturated heterocycles. The number of carboxylic acid groups (broad SMARTS) is 1. The van der Waals surface area contributed by atoms with Gasteiger partial charge in [-0.25, -0.2) is 14.5 Å². The summed E-state index contributed by atoms with van der Waals surface area (Å²) in [6, 6.07) is 12.3. The van der Waals surface area contributed by atoms with Crippen LogP contribution in [0.15, 0.2) is 42.5 Å². The van der Waals surface area contributed by atoms with E-state index < -0.39 is 35.3 Å². The van der Waals surface area contributed by atoms with E-state index in [1.165, 1.54) is 39.9 Å². The van der Waals surface area contributed by atoms with Gasteiger partial charge in [0, 0.05) is 42.6 Å². The van der Waals surface area contributed by atoms with Crippen LogP contribution in [0.1, 0.15) is 29.9 Å². The SMILES string of the molecule is CN1C(=O)N(c2cc(Cl)cc(Cl)c2)C(=O)C12CN(C(=O)N1CCCC(C(=O)O)C1)CC2c1ccc(C#N)cc1. The van der Waals surface area contributed by atoms with Gasteiger partial charge in [0.15, 0.2) is 0 Å². The number of benzene rings is 2. The van der Waals surface area contributed by atoms with E-state index in [4.69, 9.17) is 23.2 Å². The summed E-state index contributed by atoms with van der Waals surface area (Å²) in [5, 5.41) is 19.3. The summed E-state index contributed by atoms with van der Waals surface area (Å²) in [7, 11) is 1.53. The Balaban J connectivity index is 1.55. The molecule has 0 saturated carbocycles. The maximum absolute atomic E-state index is 14.3. The molecule has 10 nitrogen and oxygen atoms in total. The molecule has 12 heteroatoms. The van der Waals surface area contributed by atoms with Crippen LogP contribution in [0.4, 0.5) is 15.3 Å². The molecule has 0 radical (unpaired) electrons. The summed E-state index contributed by atoms with van der Waals surface area (Å²) in [6.07, 6.45) is 1.05. The molecule has 0 aliphatic carbocycles. The van der Waals surface area contributed by atoms with Gasteiger partial charge in [-0.2, -0.15) is 5.26 Å². The molecule has 3 fully saturated rings. The Kier molecular flexibility index (Phi) is 6.91. The number of carbonyl (C=O) groups is 4. The summed E-state index contributed by atoms with van der Waals surface area (Å²) in [5.74, 6) is -2.75. The van der Waals surface area contributed by atoms with Gasteiger partial charge >= 0.3 is 18.0 Å². The van der Waals surface area contributed by atoms with Crippen molar-refractivity contribution in [2.45, 2.75) is 24.3 Å². The number of hydrogen-bond acceptors (Lipinski definition) is 5. The number of anilines is 1. The number of halogens is 2. The normalized spacial score (nSPS) is 25.0. The number of amides is 5. The highest BCUT2D eigenvalue weighted by molar-refractivity contribution is 6.35. The summed E-state index contributed by atoms with van der Waals surface area (Å²) >= 11 is 12.4. The summed E-state index contributed by atoms with van der Waals surface area (Å²) in [6.45, 7) is 0.516. The van der Waals surface area contributed by atoms with Gasteiger partial charge in [0.25, 0.3) is 5.91 Å². The lowest BCUT2D eigenvalue weighted by molar-refractivity contribution is -0.143. The highest BCUT2D eigenvalue weighted by Crippen LogP contribution is 2.47. The summed E-state index contributed by atoms with van der Waals surface area (Å²) in [5.41, 5.74) is -0.109. The van der Waals surface area contributed by atoms with Crippen molar-refractivity contribution in [3.05, 3.63) is 63.6 Å². The van der Waals surface area contributed by atoms with Crippen molar-refractivity contribution in [3.63, 3.8) is 0 Å². The average molecular weight is 570 g/mol. The van der Waals surface area contributed by atoms with E-state index in [0.29, 0.717) is 30.5 Å².